The molecular formula is C22H17N5OS. The van der Waals surface area contributed by atoms with Crippen molar-refractivity contribution in [3.63, 3.8) is 0 Å². The first-order chi connectivity index (χ1) is 14.4. The van der Waals surface area contributed by atoms with Crippen molar-refractivity contribution in [3.8, 4) is 17.1 Å². The molecule has 142 valence electrons. The zero-order valence-electron chi connectivity index (χ0n) is 15.4. The summed E-state index contributed by atoms with van der Waals surface area (Å²) in [5.74, 6) is 1.23. The average Bonchev–Trinajstić information content (AvgIpc) is 2.95. The largest absolute Gasteiger partial charge is 0.448 e. The minimum absolute atomic E-state index is 0.422. The van der Waals surface area contributed by atoms with Crippen LogP contribution in [0.5, 0.6) is 5.88 Å². The lowest BCUT2D eigenvalue weighted by Crippen LogP contribution is -2.17. The fourth-order valence-corrected chi connectivity index (χ4v) is 3.85. The van der Waals surface area contributed by atoms with E-state index >= 15 is 0 Å². The molecule has 0 fully saturated rings. The lowest BCUT2D eigenvalue weighted by molar-refractivity contribution is 0.225. The van der Waals surface area contributed by atoms with Gasteiger partial charge in [-0.05, 0) is 17.7 Å². The predicted octanol–water partition coefficient (Wildman–Crippen LogP) is 4.73. The van der Waals surface area contributed by atoms with Crippen LogP contribution in [0.15, 0.2) is 84.3 Å². The van der Waals surface area contributed by atoms with Crippen molar-refractivity contribution >= 4 is 17.4 Å². The minimum atomic E-state index is -0.422. The van der Waals surface area contributed by atoms with E-state index in [0.29, 0.717) is 16.7 Å². The molecule has 1 aliphatic heterocycles. The van der Waals surface area contributed by atoms with Gasteiger partial charge in [-0.15, -0.1) is 10.2 Å². The smallest absolute Gasteiger partial charge is 0.247 e. The maximum absolute atomic E-state index is 6.24. The molecule has 0 saturated heterocycles. The number of fused-ring (bicyclic) bond motifs is 3. The maximum atomic E-state index is 6.24. The number of nitrogens with one attached hydrogen (secondary N) is 1. The molecule has 6 nitrogen and oxygen atoms in total. The molecule has 0 aliphatic carbocycles. The van der Waals surface area contributed by atoms with Gasteiger partial charge in [-0.1, -0.05) is 66.4 Å². The molecule has 0 saturated carbocycles. The van der Waals surface area contributed by atoms with Gasteiger partial charge in [-0.3, -0.25) is 4.98 Å². The molecule has 4 aromatic rings. The number of anilines is 1. The SMILES string of the molecule is c1ccc(CSc2nnc3c(n2)OC(c2cccnc2)Nc2ccccc2-3)cc1. The standard InChI is InChI=1S/C22H17N5OS/c1-2-7-15(8-3-1)14-29-22-25-21-19(26-27-22)17-10-4-5-11-18(17)24-20(28-21)16-9-6-12-23-13-16/h1-13,20,24H,14H2. The lowest BCUT2D eigenvalue weighted by atomic mass is 10.1. The van der Waals surface area contributed by atoms with E-state index in [2.05, 4.69) is 37.6 Å². The van der Waals surface area contributed by atoms with Crippen LogP contribution in [0.25, 0.3) is 11.3 Å². The summed E-state index contributed by atoms with van der Waals surface area (Å²) in [7, 11) is 0. The predicted molar refractivity (Wildman–Crippen MR) is 112 cm³/mol. The Balaban J connectivity index is 1.50. The highest BCUT2D eigenvalue weighted by atomic mass is 32.2. The van der Waals surface area contributed by atoms with Crippen LogP contribution in [0.1, 0.15) is 17.4 Å². The van der Waals surface area contributed by atoms with Gasteiger partial charge in [0.15, 0.2) is 11.9 Å². The van der Waals surface area contributed by atoms with Crippen molar-refractivity contribution in [2.24, 2.45) is 0 Å². The van der Waals surface area contributed by atoms with Crippen LogP contribution in [0.2, 0.25) is 0 Å². The van der Waals surface area contributed by atoms with Gasteiger partial charge in [0.05, 0.1) is 0 Å². The highest BCUT2D eigenvalue weighted by molar-refractivity contribution is 7.98. The summed E-state index contributed by atoms with van der Waals surface area (Å²) in [5, 5.41) is 12.8. The topological polar surface area (TPSA) is 72.8 Å². The van der Waals surface area contributed by atoms with Crippen molar-refractivity contribution in [3.05, 3.63) is 90.3 Å². The van der Waals surface area contributed by atoms with Crippen LogP contribution in [-0.4, -0.2) is 20.2 Å². The number of hydrogen-bond acceptors (Lipinski definition) is 7. The van der Waals surface area contributed by atoms with Crippen molar-refractivity contribution in [1.82, 2.24) is 20.2 Å². The van der Waals surface area contributed by atoms with Crippen LogP contribution in [0.3, 0.4) is 0 Å². The molecule has 2 aromatic heterocycles. The second kappa shape index (κ2) is 7.89. The third-order valence-electron chi connectivity index (χ3n) is 4.53. The van der Waals surface area contributed by atoms with Crippen molar-refractivity contribution in [1.29, 1.82) is 0 Å². The molecule has 5 rings (SSSR count). The first kappa shape index (κ1) is 17.6. The third-order valence-corrected chi connectivity index (χ3v) is 5.44. The van der Waals surface area contributed by atoms with E-state index in [1.807, 2.05) is 54.6 Å². The second-order valence-electron chi connectivity index (χ2n) is 6.50. The lowest BCUT2D eigenvalue weighted by Gasteiger charge is -2.18. The Hall–Kier alpha value is -3.45. The van der Waals surface area contributed by atoms with E-state index in [1.54, 1.807) is 12.4 Å². The molecule has 0 radical (unpaired) electrons. The quantitative estimate of drug-likeness (QED) is 0.497. The molecule has 1 atom stereocenters. The third kappa shape index (κ3) is 3.77. The van der Waals surface area contributed by atoms with Crippen molar-refractivity contribution in [2.75, 3.05) is 5.32 Å². The minimum Gasteiger partial charge on any atom is -0.448 e. The van der Waals surface area contributed by atoms with E-state index in [-0.39, 0.29) is 0 Å². The fraction of sp³-hybridized carbons (Fsp3) is 0.0909. The summed E-state index contributed by atoms with van der Waals surface area (Å²) in [6.07, 6.45) is 3.10. The van der Waals surface area contributed by atoms with Crippen LogP contribution in [0.4, 0.5) is 5.69 Å². The van der Waals surface area contributed by atoms with Crippen LogP contribution >= 0.6 is 11.8 Å². The Morgan fingerprint density at radius 3 is 2.66 bits per heavy atom. The number of aromatic nitrogens is 4. The Morgan fingerprint density at radius 2 is 1.79 bits per heavy atom. The van der Waals surface area contributed by atoms with Gasteiger partial charge < -0.3 is 10.1 Å². The summed E-state index contributed by atoms with van der Waals surface area (Å²) >= 11 is 1.53. The summed E-state index contributed by atoms with van der Waals surface area (Å²) in [4.78, 5) is 8.88. The van der Waals surface area contributed by atoms with E-state index in [4.69, 9.17) is 4.74 Å². The Morgan fingerprint density at radius 1 is 0.931 bits per heavy atom. The van der Waals surface area contributed by atoms with Crippen molar-refractivity contribution in [2.45, 2.75) is 17.1 Å². The number of benzene rings is 2. The Kier molecular flexibility index (Phi) is 4.80. The van der Waals surface area contributed by atoms with Gasteiger partial charge in [0.25, 0.3) is 0 Å². The molecule has 1 unspecified atom stereocenters. The molecule has 3 heterocycles. The Labute approximate surface area is 172 Å². The molecular weight excluding hydrogens is 382 g/mol. The summed E-state index contributed by atoms with van der Waals surface area (Å²) in [6.45, 7) is 0. The van der Waals surface area contributed by atoms with E-state index < -0.39 is 6.23 Å². The van der Waals surface area contributed by atoms with Crippen LogP contribution in [0, 0.1) is 0 Å². The van der Waals surface area contributed by atoms with Gasteiger partial charge in [0, 0.05) is 35.0 Å². The first-order valence-electron chi connectivity index (χ1n) is 9.21. The van der Waals surface area contributed by atoms with Gasteiger partial charge >= 0.3 is 0 Å². The van der Waals surface area contributed by atoms with Crippen LogP contribution in [-0.2, 0) is 5.75 Å². The number of thioether (sulfide) groups is 1. The molecule has 1 aliphatic rings. The summed E-state index contributed by atoms with van der Waals surface area (Å²) in [6, 6.07) is 22.0. The van der Waals surface area contributed by atoms with Gasteiger partial charge in [-0.2, -0.15) is 4.98 Å². The number of hydrogen-bond donors (Lipinski definition) is 1. The highest BCUT2D eigenvalue weighted by Gasteiger charge is 2.26. The van der Waals surface area contributed by atoms with E-state index in [0.717, 1.165) is 22.6 Å². The van der Waals surface area contributed by atoms with Crippen LogP contribution < -0.4 is 10.1 Å². The normalized spacial score (nSPS) is 14.7. The molecule has 0 amide bonds. The number of ether oxygens (including phenoxy) is 1. The average molecular weight is 399 g/mol. The summed E-state index contributed by atoms with van der Waals surface area (Å²) in [5.41, 5.74) is 4.57. The van der Waals surface area contributed by atoms with E-state index in [1.165, 1.54) is 17.3 Å². The zero-order valence-corrected chi connectivity index (χ0v) is 16.2. The van der Waals surface area contributed by atoms with E-state index in [9.17, 15) is 0 Å². The molecule has 0 spiro atoms. The number of pyridine rings is 1. The molecule has 0 bridgehead atoms. The van der Waals surface area contributed by atoms with Gasteiger partial charge in [0.1, 0.15) is 0 Å². The van der Waals surface area contributed by atoms with Gasteiger partial charge in [0.2, 0.25) is 11.0 Å². The maximum Gasteiger partial charge on any atom is 0.247 e. The molecule has 2 aromatic carbocycles. The number of para-hydroxylation sites is 1. The fourth-order valence-electron chi connectivity index (χ4n) is 3.11. The molecule has 1 N–H and O–H groups in total. The van der Waals surface area contributed by atoms with Crippen molar-refractivity contribution < 1.29 is 4.74 Å². The second-order valence-corrected chi connectivity index (χ2v) is 7.44. The molecule has 7 heteroatoms. The Bertz CT molecular complexity index is 1120. The summed E-state index contributed by atoms with van der Waals surface area (Å²) < 4.78 is 6.24. The number of rotatable bonds is 4. The number of nitrogens with zero attached hydrogens (tertiary/aromatic N) is 4. The molecule has 29 heavy (non-hydrogen) atoms. The zero-order chi connectivity index (χ0) is 19.5. The monoisotopic (exact) mass is 399 g/mol. The van der Waals surface area contributed by atoms with Gasteiger partial charge in [-0.25, -0.2) is 0 Å². The highest BCUT2D eigenvalue weighted by Crippen LogP contribution is 2.39. The first-order valence-corrected chi connectivity index (χ1v) is 10.2.